The first-order valence-electron chi connectivity index (χ1n) is 9.93. The Labute approximate surface area is 174 Å². The van der Waals surface area contributed by atoms with Crippen molar-refractivity contribution in [3.8, 4) is 5.75 Å². The van der Waals surface area contributed by atoms with Crippen LogP contribution >= 0.6 is 0 Å². The Kier molecular flexibility index (Phi) is 7.57. The molecule has 3 rings (SSSR count). The van der Waals surface area contributed by atoms with E-state index >= 15 is 0 Å². The minimum absolute atomic E-state index is 0.0488. The van der Waals surface area contributed by atoms with Crippen molar-refractivity contribution in [2.24, 2.45) is 4.99 Å². The molecule has 0 radical (unpaired) electrons. The number of hydrogen-bond acceptors (Lipinski definition) is 3. The number of guanidine groups is 1. The fourth-order valence-corrected chi connectivity index (χ4v) is 3.37. The van der Waals surface area contributed by atoms with E-state index in [1.807, 2.05) is 54.6 Å². The molecule has 0 saturated carbocycles. The van der Waals surface area contributed by atoms with Crippen molar-refractivity contribution >= 4 is 5.96 Å². The average Bonchev–Trinajstić information content (AvgIpc) is 3.16. The third kappa shape index (κ3) is 7.26. The van der Waals surface area contributed by atoms with Crippen LogP contribution < -0.4 is 15.4 Å². The smallest absolute Gasteiger partial charge is 0.401 e. The van der Waals surface area contributed by atoms with Gasteiger partial charge in [-0.05, 0) is 29.7 Å². The summed E-state index contributed by atoms with van der Waals surface area (Å²) in [5.74, 6) is 1.37. The van der Waals surface area contributed by atoms with Crippen molar-refractivity contribution in [1.29, 1.82) is 0 Å². The van der Waals surface area contributed by atoms with E-state index in [-0.39, 0.29) is 6.04 Å². The van der Waals surface area contributed by atoms with Crippen LogP contribution in [0.4, 0.5) is 13.2 Å². The van der Waals surface area contributed by atoms with Crippen LogP contribution in [0, 0.1) is 0 Å². The third-order valence-electron chi connectivity index (χ3n) is 4.87. The molecular formula is C22H27F3N4O. The summed E-state index contributed by atoms with van der Waals surface area (Å²) in [4.78, 5) is 5.59. The number of hydrogen-bond donors (Lipinski definition) is 2. The van der Waals surface area contributed by atoms with Gasteiger partial charge in [-0.15, -0.1) is 0 Å². The molecule has 1 atom stereocenters. The molecule has 1 aliphatic rings. The molecule has 1 saturated heterocycles. The van der Waals surface area contributed by atoms with Gasteiger partial charge < -0.3 is 15.4 Å². The van der Waals surface area contributed by atoms with Gasteiger partial charge in [0.25, 0.3) is 0 Å². The van der Waals surface area contributed by atoms with Crippen LogP contribution in [0.5, 0.6) is 5.75 Å². The number of alkyl halides is 3. The van der Waals surface area contributed by atoms with Crippen LogP contribution in [-0.2, 0) is 13.2 Å². The number of nitrogens with one attached hydrogen (secondary N) is 2. The normalized spacial score (nSPS) is 17.7. The van der Waals surface area contributed by atoms with Gasteiger partial charge >= 0.3 is 6.18 Å². The largest absolute Gasteiger partial charge is 0.489 e. The van der Waals surface area contributed by atoms with Crippen LogP contribution in [0.3, 0.4) is 0 Å². The molecule has 0 amide bonds. The van der Waals surface area contributed by atoms with E-state index in [9.17, 15) is 13.2 Å². The molecule has 5 nitrogen and oxygen atoms in total. The number of aliphatic imine (C=N–C) groups is 1. The zero-order valence-electron chi connectivity index (χ0n) is 17.0. The van der Waals surface area contributed by atoms with Gasteiger partial charge in [0.05, 0.1) is 6.54 Å². The Hall–Kier alpha value is -2.74. The van der Waals surface area contributed by atoms with Crippen molar-refractivity contribution in [3.63, 3.8) is 0 Å². The molecule has 1 fully saturated rings. The number of halogens is 3. The summed E-state index contributed by atoms with van der Waals surface area (Å²) in [7, 11) is 1.65. The molecule has 2 aromatic rings. The predicted octanol–water partition coefficient (Wildman–Crippen LogP) is 3.57. The number of rotatable bonds is 7. The first-order valence-corrected chi connectivity index (χ1v) is 9.93. The summed E-state index contributed by atoms with van der Waals surface area (Å²) in [5, 5.41) is 6.42. The Morgan fingerprint density at radius 2 is 1.83 bits per heavy atom. The second-order valence-corrected chi connectivity index (χ2v) is 7.32. The molecule has 0 aliphatic carbocycles. The van der Waals surface area contributed by atoms with E-state index in [2.05, 4.69) is 15.6 Å². The molecule has 1 aliphatic heterocycles. The van der Waals surface area contributed by atoms with Crippen molar-refractivity contribution in [2.75, 3.05) is 26.7 Å². The lowest BCUT2D eigenvalue weighted by Gasteiger charge is -2.20. The highest BCUT2D eigenvalue weighted by Crippen LogP contribution is 2.20. The van der Waals surface area contributed by atoms with Gasteiger partial charge in [-0.2, -0.15) is 13.2 Å². The monoisotopic (exact) mass is 420 g/mol. The molecule has 2 N–H and O–H groups in total. The molecule has 0 bridgehead atoms. The van der Waals surface area contributed by atoms with E-state index in [1.165, 1.54) is 4.90 Å². The fourth-order valence-electron chi connectivity index (χ4n) is 3.37. The SMILES string of the molecule is CN=C(NCc1ccc(OCc2ccccc2)cc1)NC1CCN(CC(F)(F)F)C1. The minimum Gasteiger partial charge on any atom is -0.489 e. The Morgan fingerprint density at radius 1 is 1.10 bits per heavy atom. The fraction of sp³-hybridized carbons (Fsp3) is 0.409. The average molecular weight is 420 g/mol. The van der Waals surface area contributed by atoms with Crippen LogP contribution in [0.25, 0.3) is 0 Å². The van der Waals surface area contributed by atoms with E-state index < -0.39 is 12.7 Å². The van der Waals surface area contributed by atoms with Gasteiger partial charge in [-0.25, -0.2) is 0 Å². The number of nitrogens with zero attached hydrogens (tertiary/aromatic N) is 2. The lowest BCUT2D eigenvalue weighted by molar-refractivity contribution is -0.143. The zero-order chi connectivity index (χ0) is 21.4. The summed E-state index contributed by atoms with van der Waals surface area (Å²) in [6.45, 7) is 0.988. The Morgan fingerprint density at radius 3 is 2.50 bits per heavy atom. The van der Waals surface area contributed by atoms with E-state index in [1.54, 1.807) is 7.05 Å². The zero-order valence-corrected chi connectivity index (χ0v) is 17.0. The van der Waals surface area contributed by atoms with Crippen LogP contribution in [0.1, 0.15) is 17.5 Å². The van der Waals surface area contributed by atoms with Crippen molar-refractivity contribution in [3.05, 3.63) is 65.7 Å². The second kappa shape index (κ2) is 10.3. The van der Waals surface area contributed by atoms with Gasteiger partial charge in [0.2, 0.25) is 0 Å². The molecule has 30 heavy (non-hydrogen) atoms. The molecular weight excluding hydrogens is 393 g/mol. The Balaban J connectivity index is 1.41. The first kappa shape index (κ1) is 22.0. The van der Waals surface area contributed by atoms with Crippen molar-refractivity contribution in [2.45, 2.75) is 31.8 Å². The van der Waals surface area contributed by atoms with E-state index in [0.29, 0.717) is 38.6 Å². The Bertz CT molecular complexity index is 809. The lowest BCUT2D eigenvalue weighted by Crippen LogP contribution is -2.44. The molecule has 0 aromatic heterocycles. The number of ether oxygens (including phenoxy) is 1. The number of likely N-dealkylation sites (tertiary alicyclic amines) is 1. The van der Waals surface area contributed by atoms with Gasteiger partial charge in [-0.3, -0.25) is 9.89 Å². The maximum absolute atomic E-state index is 12.5. The molecule has 0 spiro atoms. The van der Waals surface area contributed by atoms with Crippen molar-refractivity contribution < 1.29 is 17.9 Å². The minimum atomic E-state index is -4.16. The first-order chi connectivity index (χ1) is 14.4. The molecule has 2 aromatic carbocycles. The van der Waals surface area contributed by atoms with Gasteiger partial charge in [0.1, 0.15) is 12.4 Å². The van der Waals surface area contributed by atoms with Gasteiger partial charge in [0.15, 0.2) is 5.96 Å². The molecule has 8 heteroatoms. The maximum atomic E-state index is 12.5. The van der Waals surface area contributed by atoms with Crippen molar-refractivity contribution in [1.82, 2.24) is 15.5 Å². The second-order valence-electron chi connectivity index (χ2n) is 7.32. The molecule has 1 heterocycles. The van der Waals surface area contributed by atoms with Gasteiger partial charge in [-0.1, -0.05) is 42.5 Å². The summed E-state index contributed by atoms with van der Waals surface area (Å²) in [6, 6.07) is 17.7. The summed E-state index contributed by atoms with van der Waals surface area (Å²) < 4.78 is 43.4. The van der Waals surface area contributed by atoms with Crippen LogP contribution in [0.2, 0.25) is 0 Å². The third-order valence-corrected chi connectivity index (χ3v) is 4.87. The van der Waals surface area contributed by atoms with Crippen LogP contribution in [-0.4, -0.2) is 49.8 Å². The van der Waals surface area contributed by atoms with E-state index in [0.717, 1.165) is 16.9 Å². The highest BCUT2D eigenvalue weighted by molar-refractivity contribution is 5.80. The summed E-state index contributed by atoms with van der Waals surface area (Å²) in [6.07, 6.45) is -3.50. The number of benzene rings is 2. The highest BCUT2D eigenvalue weighted by atomic mass is 19.4. The predicted molar refractivity (Wildman–Crippen MR) is 111 cm³/mol. The van der Waals surface area contributed by atoms with Gasteiger partial charge in [0, 0.05) is 32.7 Å². The van der Waals surface area contributed by atoms with E-state index in [4.69, 9.17) is 4.74 Å². The lowest BCUT2D eigenvalue weighted by atomic mass is 10.2. The maximum Gasteiger partial charge on any atom is 0.401 e. The molecule has 162 valence electrons. The quantitative estimate of drug-likeness (QED) is 0.531. The van der Waals surface area contributed by atoms with Crippen LogP contribution in [0.15, 0.2) is 59.6 Å². The molecule has 1 unspecified atom stereocenters. The topological polar surface area (TPSA) is 48.9 Å². The summed E-state index contributed by atoms with van der Waals surface area (Å²) >= 11 is 0. The summed E-state index contributed by atoms with van der Waals surface area (Å²) in [5.41, 5.74) is 2.16. The highest BCUT2D eigenvalue weighted by Gasteiger charge is 2.34. The standard InChI is InChI=1S/C22H27F3N4O/c1-26-21(28-19-11-12-29(14-19)16-22(23,24)25)27-13-17-7-9-20(10-8-17)30-15-18-5-3-2-4-6-18/h2-10,19H,11-16H2,1H3,(H2,26,27,28).